The fourth-order valence-corrected chi connectivity index (χ4v) is 4.94. The maximum atomic E-state index is 12.8. The predicted octanol–water partition coefficient (Wildman–Crippen LogP) is 6.68. The van der Waals surface area contributed by atoms with E-state index in [0.29, 0.717) is 6.61 Å². The molecule has 0 aliphatic heterocycles. The van der Waals surface area contributed by atoms with Gasteiger partial charge in [0.1, 0.15) is 22.8 Å². The highest BCUT2D eigenvalue weighted by Crippen LogP contribution is 2.43. The molecule has 1 heterocycles. The van der Waals surface area contributed by atoms with Crippen molar-refractivity contribution in [1.29, 1.82) is 0 Å². The van der Waals surface area contributed by atoms with Crippen molar-refractivity contribution in [2.75, 3.05) is 20.8 Å². The third kappa shape index (κ3) is 5.16. The van der Waals surface area contributed by atoms with Crippen molar-refractivity contribution in [2.45, 2.75) is 58.9 Å². The Labute approximate surface area is 207 Å². The molecule has 186 valence electrons. The minimum atomic E-state index is -0.0588. The number of nitrogens with one attached hydrogen (secondary N) is 1. The monoisotopic (exact) mass is 477 g/mol. The molecule has 1 aliphatic carbocycles. The lowest BCUT2D eigenvalue weighted by molar-refractivity contribution is -0.117. The number of fused-ring (bicyclic) bond motifs is 1. The molecule has 1 amide bonds. The maximum absolute atomic E-state index is 12.8. The molecule has 4 rings (SSSR count). The number of allylic oxidation sites excluding steroid dienone is 1. The lowest BCUT2D eigenvalue weighted by Gasteiger charge is -2.22. The highest BCUT2D eigenvalue weighted by atomic mass is 16.5. The second-order valence-electron chi connectivity index (χ2n) is 9.07. The quantitative estimate of drug-likeness (QED) is 0.367. The van der Waals surface area contributed by atoms with E-state index in [1.807, 2.05) is 45.0 Å². The van der Waals surface area contributed by atoms with E-state index in [2.05, 4.69) is 5.32 Å². The van der Waals surface area contributed by atoms with E-state index in [1.165, 1.54) is 19.3 Å². The molecule has 1 saturated carbocycles. The minimum Gasteiger partial charge on any atom is -0.497 e. The van der Waals surface area contributed by atoms with Gasteiger partial charge in [-0.15, -0.1) is 0 Å². The average molecular weight is 478 g/mol. The number of hydrogen-bond donors (Lipinski definition) is 1. The fourth-order valence-electron chi connectivity index (χ4n) is 4.94. The number of benzene rings is 2. The molecular weight excluding hydrogens is 442 g/mol. The number of aryl methyl sites for hydroxylation is 1. The first-order valence-corrected chi connectivity index (χ1v) is 12.4. The Bertz CT molecular complexity index is 1230. The van der Waals surface area contributed by atoms with Gasteiger partial charge in [-0.2, -0.15) is 0 Å². The first-order valence-electron chi connectivity index (χ1n) is 12.4. The molecule has 3 aromatic rings. The van der Waals surface area contributed by atoms with Crippen LogP contribution in [0.5, 0.6) is 17.2 Å². The molecule has 0 unspecified atom stereocenters. The van der Waals surface area contributed by atoms with Gasteiger partial charge in [-0.3, -0.25) is 4.79 Å². The van der Waals surface area contributed by atoms with Gasteiger partial charge in [0.05, 0.1) is 27.1 Å². The number of carbonyl (C=O) groups excluding carboxylic acids is 1. The third-order valence-electron chi connectivity index (χ3n) is 6.75. The van der Waals surface area contributed by atoms with E-state index in [4.69, 9.17) is 18.6 Å². The highest BCUT2D eigenvalue weighted by Gasteiger charge is 2.21. The molecule has 1 aliphatic rings. The van der Waals surface area contributed by atoms with E-state index >= 15 is 0 Å². The van der Waals surface area contributed by atoms with Gasteiger partial charge >= 0.3 is 0 Å². The van der Waals surface area contributed by atoms with Crippen LogP contribution in [0.3, 0.4) is 0 Å². The molecule has 0 saturated heterocycles. The summed E-state index contributed by atoms with van der Waals surface area (Å²) in [5.41, 5.74) is 5.13. The lowest BCUT2D eigenvalue weighted by atomic mass is 9.95. The number of amides is 1. The zero-order valence-corrected chi connectivity index (χ0v) is 21.3. The molecule has 0 radical (unpaired) electrons. The Morgan fingerprint density at radius 3 is 2.57 bits per heavy atom. The molecule has 0 atom stereocenters. The second-order valence-corrected chi connectivity index (χ2v) is 9.07. The first kappa shape index (κ1) is 24.7. The minimum absolute atomic E-state index is 0.0588. The zero-order valence-electron chi connectivity index (χ0n) is 21.3. The Balaban J connectivity index is 1.80. The van der Waals surface area contributed by atoms with Crippen molar-refractivity contribution < 1.29 is 23.4 Å². The maximum Gasteiger partial charge on any atom is 0.244 e. The van der Waals surface area contributed by atoms with Crippen molar-refractivity contribution in [3.8, 4) is 28.4 Å². The number of furan rings is 1. The highest BCUT2D eigenvalue weighted by molar-refractivity contribution is 6.02. The van der Waals surface area contributed by atoms with Crippen LogP contribution >= 0.6 is 0 Å². The fraction of sp³-hybridized carbons (Fsp3) is 0.414. The smallest absolute Gasteiger partial charge is 0.244 e. The Kier molecular flexibility index (Phi) is 7.69. The summed E-state index contributed by atoms with van der Waals surface area (Å²) in [7, 11) is 3.29. The van der Waals surface area contributed by atoms with E-state index in [9.17, 15) is 4.79 Å². The van der Waals surface area contributed by atoms with Gasteiger partial charge in [-0.05, 0) is 63.5 Å². The standard InChI is InChI=1S/C29H35NO5/c1-6-34-28-19(3)29-24(25(17-35-29)23-15-21(32-4)12-13-26(23)33-5)16-22(28)18(2)14-27(31)30-20-10-8-7-9-11-20/h12-17,20H,6-11H2,1-5H3,(H,30,31)/b18-14+. The molecule has 1 aromatic heterocycles. The Morgan fingerprint density at radius 2 is 1.89 bits per heavy atom. The molecule has 0 spiro atoms. The van der Waals surface area contributed by atoms with Crippen LogP contribution in [0.1, 0.15) is 57.1 Å². The van der Waals surface area contributed by atoms with Gasteiger partial charge in [0.25, 0.3) is 0 Å². The van der Waals surface area contributed by atoms with Crippen molar-refractivity contribution in [2.24, 2.45) is 0 Å². The van der Waals surface area contributed by atoms with Gasteiger partial charge < -0.3 is 23.9 Å². The van der Waals surface area contributed by atoms with E-state index in [0.717, 1.165) is 68.9 Å². The van der Waals surface area contributed by atoms with Gasteiger partial charge in [-0.1, -0.05) is 19.3 Å². The van der Waals surface area contributed by atoms with Gasteiger partial charge in [0.2, 0.25) is 5.91 Å². The topological polar surface area (TPSA) is 69.9 Å². The van der Waals surface area contributed by atoms with Gasteiger partial charge in [0, 0.05) is 39.8 Å². The van der Waals surface area contributed by atoms with Crippen molar-refractivity contribution in [3.05, 3.63) is 47.7 Å². The number of carbonyl (C=O) groups is 1. The summed E-state index contributed by atoms with van der Waals surface area (Å²) >= 11 is 0. The van der Waals surface area contributed by atoms with E-state index < -0.39 is 0 Å². The summed E-state index contributed by atoms with van der Waals surface area (Å²) in [6, 6.07) is 8.00. The Hall–Kier alpha value is -3.41. The summed E-state index contributed by atoms with van der Waals surface area (Å²) < 4.78 is 23.2. The third-order valence-corrected chi connectivity index (χ3v) is 6.75. The van der Waals surface area contributed by atoms with Crippen molar-refractivity contribution in [3.63, 3.8) is 0 Å². The Morgan fingerprint density at radius 1 is 1.11 bits per heavy atom. The van der Waals surface area contributed by atoms with Crippen LogP contribution < -0.4 is 19.5 Å². The summed E-state index contributed by atoms with van der Waals surface area (Å²) in [6.07, 6.45) is 9.13. The van der Waals surface area contributed by atoms with Crippen LogP contribution in [0.15, 0.2) is 41.0 Å². The SMILES string of the molecule is CCOc1c(/C(C)=C/C(=O)NC2CCCCC2)cc2c(-c3cc(OC)ccc3OC)coc2c1C. The average Bonchev–Trinajstić information content (AvgIpc) is 3.29. The number of hydrogen-bond acceptors (Lipinski definition) is 5. The molecule has 6 heteroatoms. The van der Waals surface area contributed by atoms with Crippen molar-refractivity contribution in [1.82, 2.24) is 5.32 Å². The number of methoxy groups -OCH3 is 2. The molecule has 6 nitrogen and oxygen atoms in total. The number of rotatable bonds is 8. The zero-order chi connectivity index (χ0) is 24.9. The van der Waals surface area contributed by atoms with Crippen molar-refractivity contribution >= 4 is 22.4 Å². The van der Waals surface area contributed by atoms with Crippen LogP contribution in [0.2, 0.25) is 0 Å². The normalized spacial score (nSPS) is 14.7. The van der Waals surface area contributed by atoms with E-state index in [1.54, 1.807) is 26.6 Å². The van der Waals surface area contributed by atoms with E-state index in [-0.39, 0.29) is 11.9 Å². The molecular formula is C29H35NO5. The molecule has 2 aromatic carbocycles. The summed E-state index contributed by atoms with van der Waals surface area (Å²) in [5, 5.41) is 4.10. The molecule has 1 fully saturated rings. The first-order chi connectivity index (χ1) is 17.0. The van der Waals surface area contributed by atoms with Crippen LogP contribution in [0.4, 0.5) is 0 Å². The van der Waals surface area contributed by atoms with Crippen LogP contribution in [-0.4, -0.2) is 32.8 Å². The lowest BCUT2D eigenvalue weighted by Crippen LogP contribution is -2.35. The summed E-state index contributed by atoms with van der Waals surface area (Å²) in [5.74, 6) is 2.13. The number of ether oxygens (including phenoxy) is 3. The summed E-state index contributed by atoms with van der Waals surface area (Å²) in [6.45, 7) is 6.41. The second kappa shape index (κ2) is 10.9. The van der Waals surface area contributed by atoms with Crippen LogP contribution in [0, 0.1) is 6.92 Å². The molecule has 0 bridgehead atoms. The molecule has 35 heavy (non-hydrogen) atoms. The van der Waals surface area contributed by atoms with Crippen LogP contribution in [0.25, 0.3) is 27.7 Å². The molecule has 1 N–H and O–H groups in total. The van der Waals surface area contributed by atoms with Gasteiger partial charge in [0.15, 0.2) is 0 Å². The summed E-state index contributed by atoms with van der Waals surface area (Å²) in [4.78, 5) is 12.8. The van der Waals surface area contributed by atoms with Crippen LogP contribution in [-0.2, 0) is 4.79 Å². The van der Waals surface area contributed by atoms with Gasteiger partial charge in [-0.25, -0.2) is 0 Å². The predicted molar refractivity (Wildman–Crippen MR) is 139 cm³/mol. The largest absolute Gasteiger partial charge is 0.497 e.